The Bertz CT molecular complexity index is 672. The molecule has 0 unspecified atom stereocenters. The number of hydrogen-bond donors (Lipinski definition) is 2. The van der Waals surface area contributed by atoms with Gasteiger partial charge < -0.3 is 15.5 Å². The Balaban J connectivity index is 1.66. The van der Waals surface area contributed by atoms with Crippen molar-refractivity contribution in [2.24, 2.45) is 0 Å². The van der Waals surface area contributed by atoms with E-state index in [1.807, 2.05) is 0 Å². The molecule has 2 fully saturated rings. The largest absolute Gasteiger partial charge is 0.352 e. The van der Waals surface area contributed by atoms with Crippen molar-refractivity contribution < 1.29 is 14.5 Å². The number of rotatable bonds is 4. The van der Waals surface area contributed by atoms with Gasteiger partial charge in [-0.25, -0.2) is 4.79 Å². The van der Waals surface area contributed by atoms with Gasteiger partial charge in [0.1, 0.15) is 11.7 Å². The SMILES string of the molecule is O=C(NC1CCCC1)[C@H]1CCCN1C(=O)Nc1ccccc1[N+](=O)[O-]. The highest BCUT2D eigenvalue weighted by molar-refractivity contribution is 5.95. The lowest BCUT2D eigenvalue weighted by Gasteiger charge is -2.25. The number of anilines is 1. The van der Waals surface area contributed by atoms with Crippen LogP contribution in [-0.2, 0) is 4.79 Å². The van der Waals surface area contributed by atoms with Crippen LogP contribution in [0.25, 0.3) is 0 Å². The lowest BCUT2D eigenvalue weighted by Crippen LogP contribution is -2.49. The molecular formula is C17H22N4O4. The molecule has 2 N–H and O–H groups in total. The number of carbonyl (C=O) groups is 2. The number of nitro benzene ring substituents is 1. The molecule has 8 heteroatoms. The Kier molecular flexibility index (Phi) is 5.16. The predicted octanol–water partition coefficient (Wildman–Crippen LogP) is 2.65. The lowest BCUT2D eigenvalue weighted by atomic mass is 10.1. The first-order valence-corrected chi connectivity index (χ1v) is 8.67. The number of nitrogens with one attached hydrogen (secondary N) is 2. The lowest BCUT2D eigenvalue weighted by molar-refractivity contribution is -0.383. The van der Waals surface area contributed by atoms with Gasteiger partial charge in [-0.05, 0) is 31.7 Å². The van der Waals surface area contributed by atoms with Gasteiger partial charge in [-0.2, -0.15) is 0 Å². The van der Waals surface area contributed by atoms with Crippen molar-refractivity contribution in [2.45, 2.75) is 50.6 Å². The van der Waals surface area contributed by atoms with Crippen molar-refractivity contribution in [3.63, 3.8) is 0 Å². The number of urea groups is 1. The van der Waals surface area contributed by atoms with Gasteiger partial charge in [-0.1, -0.05) is 25.0 Å². The van der Waals surface area contributed by atoms with Crippen molar-refractivity contribution in [3.05, 3.63) is 34.4 Å². The molecule has 1 heterocycles. The summed E-state index contributed by atoms with van der Waals surface area (Å²) in [6, 6.07) is 5.21. The third-order valence-electron chi connectivity index (χ3n) is 4.86. The van der Waals surface area contributed by atoms with Gasteiger partial charge in [0, 0.05) is 18.7 Å². The highest BCUT2D eigenvalue weighted by Crippen LogP contribution is 2.26. The molecule has 1 aliphatic carbocycles. The number of amides is 3. The van der Waals surface area contributed by atoms with E-state index in [1.54, 1.807) is 12.1 Å². The Morgan fingerprint density at radius 2 is 1.84 bits per heavy atom. The zero-order valence-corrected chi connectivity index (χ0v) is 13.9. The Morgan fingerprint density at radius 1 is 1.12 bits per heavy atom. The third kappa shape index (κ3) is 3.89. The molecule has 0 spiro atoms. The summed E-state index contributed by atoms with van der Waals surface area (Å²) in [6.45, 7) is 0.467. The van der Waals surface area contributed by atoms with Crippen LogP contribution in [0.2, 0.25) is 0 Å². The number of nitrogens with zero attached hydrogens (tertiary/aromatic N) is 2. The maximum absolute atomic E-state index is 12.6. The van der Waals surface area contributed by atoms with Crippen LogP contribution in [0.15, 0.2) is 24.3 Å². The minimum absolute atomic E-state index is 0.123. The zero-order chi connectivity index (χ0) is 17.8. The minimum Gasteiger partial charge on any atom is -0.352 e. The molecular weight excluding hydrogens is 324 g/mol. The second-order valence-electron chi connectivity index (χ2n) is 6.55. The summed E-state index contributed by atoms with van der Waals surface area (Å²) >= 11 is 0. The number of para-hydroxylation sites is 2. The molecule has 0 bridgehead atoms. The van der Waals surface area contributed by atoms with E-state index in [0.29, 0.717) is 13.0 Å². The van der Waals surface area contributed by atoms with Crippen LogP contribution in [-0.4, -0.2) is 40.4 Å². The molecule has 1 aliphatic heterocycles. The van der Waals surface area contributed by atoms with Crippen molar-refractivity contribution in [2.75, 3.05) is 11.9 Å². The third-order valence-corrected chi connectivity index (χ3v) is 4.86. The van der Waals surface area contributed by atoms with Crippen molar-refractivity contribution in [1.29, 1.82) is 0 Å². The molecule has 0 aromatic heterocycles. The van der Waals surface area contributed by atoms with Crippen molar-refractivity contribution in [1.82, 2.24) is 10.2 Å². The van der Waals surface area contributed by atoms with E-state index < -0.39 is 17.0 Å². The molecule has 1 aromatic carbocycles. The molecule has 1 atom stereocenters. The topological polar surface area (TPSA) is 105 Å². The molecule has 1 aromatic rings. The van der Waals surface area contributed by atoms with Crippen LogP contribution in [0, 0.1) is 10.1 Å². The van der Waals surface area contributed by atoms with Crippen molar-refractivity contribution >= 4 is 23.3 Å². The summed E-state index contributed by atoms with van der Waals surface area (Å²) in [5, 5.41) is 16.7. The summed E-state index contributed by atoms with van der Waals surface area (Å²) in [5.41, 5.74) is -0.0265. The highest BCUT2D eigenvalue weighted by atomic mass is 16.6. The van der Waals surface area contributed by atoms with Crippen LogP contribution >= 0.6 is 0 Å². The molecule has 8 nitrogen and oxygen atoms in total. The first kappa shape index (κ1) is 17.2. The second kappa shape index (κ2) is 7.50. The number of nitro groups is 1. The maximum Gasteiger partial charge on any atom is 0.322 e. The molecule has 0 radical (unpaired) electrons. The summed E-state index contributed by atoms with van der Waals surface area (Å²) in [7, 11) is 0. The Labute approximate surface area is 145 Å². The van der Waals surface area contributed by atoms with Gasteiger partial charge in [0.25, 0.3) is 5.69 Å². The van der Waals surface area contributed by atoms with Crippen LogP contribution in [0.4, 0.5) is 16.2 Å². The molecule has 3 rings (SSSR count). The minimum atomic E-state index is -0.538. The molecule has 25 heavy (non-hydrogen) atoms. The van der Waals surface area contributed by atoms with Crippen LogP contribution in [0.3, 0.4) is 0 Å². The second-order valence-corrected chi connectivity index (χ2v) is 6.55. The zero-order valence-electron chi connectivity index (χ0n) is 13.9. The van der Waals surface area contributed by atoms with Gasteiger partial charge in [0.2, 0.25) is 5.91 Å². The Morgan fingerprint density at radius 3 is 2.56 bits per heavy atom. The summed E-state index contributed by atoms with van der Waals surface area (Å²) in [5.74, 6) is -0.123. The van der Waals surface area contributed by atoms with E-state index in [0.717, 1.165) is 32.1 Å². The predicted molar refractivity (Wildman–Crippen MR) is 92.2 cm³/mol. The summed E-state index contributed by atoms with van der Waals surface area (Å²) in [6.07, 6.45) is 5.58. The van der Waals surface area contributed by atoms with E-state index in [1.165, 1.54) is 17.0 Å². The number of carbonyl (C=O) groups excluding carboxylic acids is 2. The van der Waals surface area contributed by atoms with E-state index in [2.05, 4.69) is 10.6 Å². The molecule has 1 saturated carbocycles. The van der Waals surface area contributed by atoms with Crippen LogP contribution < -0.4 is 10.6 Å². The van der Waals surface area contributed by atoms with Crippen LogP contribution in [0.1, 0.15) is 38.5 Å². The van der Waals surface area contributed by atoms with E-state index >= 15 is 0 Å². The quantitative estimate of drug-likeness (QED) is 0.646. The van der Waals surface area contributed by atoms with Gasteiger partial charge in [-0.3, -0.25) is 14.9 Å². The smallest absolute Gasteiger partial charge is 0.322 e. The van der Waals surface area contributed by atoms with E-state index in [9.17, 15) is 19.7 Å². The first-order chi connectivity index (χ1) is 12.1. The van der Waals surface area contributed by atoms with Crippen LogP contribution in [0.5, 0.6) is 0 Å². The van der Waals surface area contributed by atoms with Gasteiger partial charge in [0.15, 0.2) is 0 Å². The monoisotopic (exact) mass is 346 g/mol. The highest BCUT2D eigenvalue weighted by Gasteiger charge is 2.35. The molecule has 134 valence electrons. The average molecular weight is 346 g/mol. The fourth-order valence-corrected chi connectivity index (χ4v) is 3.58. The summed E-state index contributed by atoms with van der Waals surface area (Å²) in [4.78, 5) is 37.1. The summed E-state index contributed by atoms with van der Waals surface area (Å²) < 4.78 is 0. The van der Waals surface area contributed by atoms with Gasteiger partial charge in [-0.15, -0.1) is 0 Å². The van der Waals surface area contributed by atoms with E-state index in [-0.39, 0.29) is 23.3 Å². The fraction of sp³-hybridized carbons (Fsp3) is 0.529. The number of likely N-dealkylation sites (tertiary alicyclic amines) is 1. The first-order valence-electron chi connectivity index (χ1n) is 8.67. The Hall–Kier alpha value is -2.64. The fourth-order valence-electron chi connectivity index (χ4n) is 3.58. The number of benzene rings is 1. The van der Waals surface area contributed by atoms with Crippen molar-refractivity contribution in [3.8, 4) is 0 Å². The molecule has 1 saturated heterocycles. The van der Waals surface area contributed by atoms with Gasteiger partial charge >= 0.3 is 6.03 Å². The number of hydrogen-bond acceptors (Lipinski definition) is 4. The average Bonchev–Trinajstić information content (AvgIpc) is 3.26. The molecule has 2 aliphatic rings. The molecule has 3 amide bonds. The maximum atomic E-state index is 12.6. The standard InChI is InChI=1S/C17H22N4O4/c22-16(18-12-6-1-2-7-12)15-10-5-11-20(15)17(23)19-13-8-3-4-9-14(13)21(24)25/h3-4,8-9,12,15H,1-2,5-7,10-11H2,(H,18,22)(H,19,23)/t15-/m1/s1. The van der Waals surface area contributed by atoms with E-state index in [4.69, 9.17) is 0 Å². The normalized spacial score (nSPS) is 20.5. The van der Waals surface area contributed by atoms with Gasteiger partial charge in [0.05, 0.1) is 4.92 Å².